The molecule has 8 bridgehead atoms. The molecule has 0 saturated carbocycles. The Balaban J connectivity index is 1.08. The van der Waals surface area contributed by atoms with Gasteiger partial charge in [-0.05, 0) is 81.8 Å². The molecule has 0 fully saturated rings. The Kier molecular flexibility index (Phi) is 5.91. The molecule has 292 valence electrons. The Morgan fingerprint density at radius 3 is 1.14 bits per heavy atom. The average molecular weight is 813 g/mol. The van der Waals surface area contributed by atoms with Crippen molar-refractivity contribution in [2.75, 3.05) is 0 Å². The van der Waals surface area contributed by atoms with Gasteiger partial charge in [0, 0.05) is 43.8 Å². The van der Waals surface area contributed by atoms with E-state index in [-0.39, 0.29) is 0 Å². The van der Waals surface area contributed by atoms with Crippen LogP contribution in [-0.4, -0.2) is 39.9 Å². The van der Waals surface area contributed by atoms with Crippen LogP contribution in [0, 0.1) is 0 Å². The summed E-state index contributed by atoms with van der Waals surface area (Å²) in [7, 11) is 0. The summed E-state index contributed by atoms with van der Waals surface area (Å²) in [4.78, 5) is 38.8. The summed E-state index contributed by atoms with van der Waals surface area (Å²) in [6, 6.07) is 56.2. The molecular formula is C56H28N8. The van der Waals surface area contributed by atoms with Crippen LogP contribution in [-0.2, 0) is 0 Å². The molecule has 0 unspecified atom stereocenters. The van der Waals surface area contributed by atoms with E-state index in [9.17, 15) is 0 Å². The summed E-state index contributed by atoms with van der Waals surface area (Å²) in [6.45, 7) is 0. The number of nitrogens with one attached hydrogen (secondary N) is 2. The van der Waals surface area contributed by atoms with Gasteiger partial charge in [0.25, 0.3) is 0 Å². The van der Waals surface area contributed by atoms with Gasteiger partial charge in [-0.3, -0.25) is 0 Å². The third-order valence-corrected chi connectivity index (χ3v) is 13.9. The van der Waals surface area contributed by atoms with E-state index in [1.54, 1.807) is 0 Å². The molecule has 0 spiro atoms. The van der Waals surface area contributed by atoms with Gasteiger partial charge >= 0.3 is 0 Å². The van der Waals surface area contributed by atoms with Crippen molar-refractivity contribution < 1.29 is 0 Å². The number of benzene rings is 11. The van der Waals surface area contributed by atoms with Gasteiger partial charge in [-0.25, -0.2) is 29.9 Å². The molecule has 11 aromatic carbocycles. The minimum Gasteiger partial charge on any atom is -0.324 e. The van der Waals surface area contributed by atoms with E-state index in [0.717, 1.165) is 54.9 Å². The van der Waals surface area contributed by atoms with Crippen LogP contribution in [0.1, 0.15) is 0 Å². The smallest absolute Gasteiger partial charge is 0.164 e. The second-order valence-electron chi connectivity index (χ2n) is 17.1. The molecule has 14 aromatic rings. The third kappa shape index (κ3) is 4.12. The second-order valence-corrected chi connectivity index (χ2v) is 17.1. The number of aromatic nitrogens is 8. The van der Waals surface area contributed by atoms with Crippen LogP contribution in [0.5, 0.6) is 0 Å². The van der Waals surface area contributed by atoms with Crippen molar-refractivity contribution in [2.24, 2.45) is 0 Å². The Hall–Kier alpha value is -8.88. The first-order valence-electron chi connectivity index (χ1n) is 21.5. The van der Waals surface area contributed by atoms with Crippen molar-refractivity contribution in [3.63, 3.8) is 0 Å². The minimum atomic E-state index is 0.573. The highest BCUT2D eigenvalue weighted by molar-refractivity contribution is 6.45. The summed E-state index contributed by atoms with van der Waals surface area (Å²) in [5.41, 5.74) is 8.49. The van der Waals surface area contributed by atoms with Crippen LogP contribution in [0.2, 0.25) is 0 Å². The first-order chi connectivity index (χ1) is 31.7. The lowest BCUT2D eigenvalue weighted by Crippen LogP contribution is -1.94. The average Bonchev–Trinajstić information content (AvgIpc) is 4.09. The highest BCUT2D eigenvalue weighted by Gasteiger charge is 2.26. The Morgan fingerprint density at radius 1 is 0.234 bits per heavy atom. The van der Waals surface area contributed by atoms with Gasteiger partial charge in [-0.2, -0.15) is 0 Å². The van der Waals surface area contributed by atoms with Gasteiger partial charge in [0.15, 0.2) is 23.3 Å². The number of aromatic amines is 2. The molecule has 5 heterocycles. The zero-order valence-corrected chi connectivity index (χ0v) is 33.7. The summed E-state index contributed by atoms with van der Waals surface area (Å²) in [5, 5.41) is 19.2. The lowest BCUT2D eigenvalue weighted by molar-refractivity contribution is 1.19. The Morgan fingerprint density at radius 2 is 0.609 bits per heavy atom. The minimum absolute atomic E-state index is 0.573. The van der Waals surface area contributed by atoms with Crippen molar-refractivity contribution in [2.45, 2.75) is 0 Å². The quantitative estimate of drug-likeness (QED) is 0.126. The third-order valence-electron chi connectivity index (χ3n) is 13.9. The first-order valence-corrected chi connectivity index (χ1v) is 21.5. The van der Waals surface area contributed by atoms with Crippen molar-refractivity contribution in [1.29, 1.82) is 0 Å². The zero-order valence-electron chi connectivity index (χ0n) is 33.7. The Labute approximate surface area is 361 Å². The summed E-state index contributed by atoms with van der Waals surface area (Å²) < 4.78 is 0. The van der Waals surface area contributed by atoms with Crippen molar-refractivity contribution in [3.05, 3.63) is 158 Å². The lowest BCUT2D eigenvalue weighted by Gasteiger charge is -2.22. The van der Waals surface area contributed by atoms with E-state index < -0.39 is 0 Å². The maximum Gasteiger partial charge on any atom is 0.164 e. The lowest BCUT2D eigenvalue weighted by atomic mass is 9.81. The van der Waals surface area contributed by atoms with Crippen molar-refractivity contribution in [3.8, 4) is 56.7 Å². The molecule has 8 nitrogen and oxygen atoms in total. The second kappa shape index (κ2) is 11.5. The van der Waals surface area contributed by atoms with Gasteiger partial charge in [-0.15, -0.1) is 0 Å². The van der Waals surface area contributed by atoms with Gasteiger partial charge < -0.3 is 9.97 Å². The topological polar surface area (TPSA) is 109 Å². The molecule has 8 heteroatoms. The summed E-state index contributed by atoms with van der Waals surface area (Å²) in [6.07, 6.45) is 0. The maximum absolute atomic E-state index is 5.46. The molecule has 0 saturated heterocycles. The molecule has 0 aliphatic carbocycles. The molecule has 0 atom stereocenters. The summed E-state index contributed by atoms with van der Waals surface area (Å²) >= 11 is 0. The SMILES string of the molecule is c1ccc2c(c1)-c1nc-2nc2[nH]c(nc3nc(nc4[nH]c(n1)c1ccccc41)-c1ccccc1-3)c1c(-c3cc4ccc5ccc6ccc7ccc8ccc3c3c8c7c6c5c43)cccc21. The molecule has 64 heavy (non-hydrogen) atoms. The van der Waals surface area contributed by atoms with Crippen LogP contribution < -0.4 is 0 Å². The normalized spacial score (nSPS) is 12.7. The number of rotatable bonds is 1. The van der Waals surface area contributed by atoms with E-state index in [1.807, 2.05) is 36.4 Å². The highest BCUT2D eigenvalue weighted by atomic mass is 15.1. The molecule has 2 aliphatic heterocycles. The predicted molar refractivity (Wildman–Crippen MR) is 260 cm³/mol. The first kappa shape index (κ1) is 32.8. The molecule has 2 aliphatic rings. The molecule has 3 aromatic heterocycles. The van der Waals surface area contributed by atoms with E-state index in [1.165, 1.54) is 64.6 Å². The fourth-order valence-electron chi connectivity index (χ4n) is 11.1. The zero-order chi connectivity index (χ0) is 41.4. The molecule has 2 N–H and O–H groups in total. The number of nitrogens with zero attached hydrogens (tertiary/aromatic N) is 6. The van der Waals surface area contributed by atoms with Crippen LogP contribution in [0.15, 0.2) is 158 Å². The molecule has 0 amide bonds. The van der Waals surface area contributed by atoms with Crippen molar-refractivity contribution >= 4 is 109 Å². The van der Waals surface area contributed by atoms with Crippen LogP contribution >= 0.6 is 0 Å². The summed E-state index contributed by atoms with van der Waals surface area (Å²) in [5.74, 6) is 2.31. The van der Waals surface area contributed by atoms with E-state index in [2.05, 4.69) is 131 Å². The van der Waals surface area contributed by atoms with E-state index >= 15 is 0 Å². The standard InChI is InChI=1S/C56H28N8/c1-2-9-35-34(8-1)49-57-50(35)59-52-38-12-5-6-13-39(38)54(61-52)63-56-47-32(14-7-15-40(47)55(64-56)62-53-37-11-4-3-10-36(37)51(58-49)60-53)41-26-31-23-22-29-19-17-27-16-18-28-20-21-30-24-25-33(41)48-45(30)43(28)42(27)44(29)46(31)48/h1-26H,(H2,57,58,59,60,61,62,63,64). The molecule has 0 radical (unpaired) electrons. The highest BCUT2D eigenvalue weighted by Crippen LogP contribution is 2.51. The number of fused-ring (bicyclic) bond motifs is 20. The van der Waals surface area contributed by atoms with Crippen LogP contribution in [0.3, 0.4) is 0 Å². The van der Waals surface area contributed by atoms with Crippen LogP contribution in [0.25, 0.3) is 165 Å². The largest absolute Gasteiger partial charge is 0.324 e. The van der Waals surface area contributed by atoms with Crippen molar-refractivity contribution in [1.82, 2.24) is 39.9 Å². The van der Waals surface area contributed by atoms with E-state index in [0.29, 0.717) is 45.9 Å². The van der Waals surface area contributed by atoms with Gasteiger partial charge in [0.2, 0.25) is 0 Å². The van der Waals surface area contributed by atoms with Gasteiger partial charge in [0.1, 0.15) is 22.6 Å². The monoisotopic (exact) mass is 812 g/mol. The Bertz CT molecular complexity index is 4500. The molecular weight excluding hydrogens is 785 g/mol. The van der Waals surface area contributed by atoms with Gasteiger partial charge in [-0.1, -0.05) is 152 Å². The number of hydrogen-bond acceptors (Lipinski definition) is 6. The number of H-pyrrole nitrogens is 2. The number of hydrogen-bond donors (Lipinski definition) is 2. The van der Waals surface area contributed by atoms with E-state index in [4.69, 9.17) is 29.9 Å². The fourth-order valence-corrected chi connectivity index (χ4v) is 11.1. The van der Waals surface area contributed by atoms with Crippen LogP contribution in [0.4, 0.5) is 0 Å². The predicted octanol–water partition coefficient (Wildman–Crippen LogP) is 13.8. The maximum atomic E-state index is 5.46. The fraction of sp³-hybridized carbons (Fsp3) is 0. The van der Waals surface area contributed by atoms with Gasteiger partial charge in [0.05, 0.1) is 0 Å². The molecule has 16 rings (SSSR count).